The molecule has 2 unspecified atom stereocenters. The van der Waals surface area contributed by atoms with Gasteiger partial charge in [-0.2, -0.15) is 0 Å². The van der Waals surface area contributed by atoms with E-state index < -0.39 is 11.8 Å². The predicted octanol–water partition coefficient (Wildman–Crippen LogP) is -2.26. The monoisotopic (exact) mass is 319 g/mol. The van der Waals surface area contributed by atoms with Gasteiger partial charge >= 0.3 is 57.4 Å². The third-order valence-electron chi connectivity index (χ3n) is 3.91. The molecule has 7 heteroatoms. The van der Waals surface area contributed by atoms with Gasteiger partial charge in [-0.1, -0.05) is 12.8 Å². The van der Waals surface area contributed by atoms with E-state index in [0.717, 1.165) is 25.7 Å². The van der Waals surface area contributed by atoms with Gasteiger partial charge in [-0.05, 0) is 19.8 Å². The Bertz CT molecular complexity index is 464. The van der Waals surface area contributed by atoms with Gasteiger partial charge in [0.15, 0.2) is 0 Å². The van der Waals surface area contributed by atoms with Crippen LogP contribution in [0.1, 0.15) is 39.0 Å². The van der Waals surface area contributed by atoms with Crippen LogP contribution in [0, 0.1) is 0 Å². The molecule has 0 spiro atoms. The van der Waals surface area contributed by atoms with Crippen molar-refractivity contribution >= 4 is 23.4 Å². The molecule has 0 aromatic carbocycles. The molecular weight excluding hydrogens is 299 g/mol. The average molecular weight is 319 g/mol. The number of ketones is 1. The Kier molecular flexibility index (Phi) is 7.70. The van der Waals surface area contributed by atoms with Gasteiger partial charge in [0.05, 0.1) is 25.1 Å². The van der Waals surface area contributed by atoms with Crippen molar-refractivity contribution in [3.8, 4) is 0 Å². The smallest absolute Gasteiger partial charge is 0.460 e. The summed E-state index contributed by atoms with van der Waals surface area (Å²) in [6.45, 7) is 1.78. The van der Waals surface area contributed by atoms with E-state index in [1.54, 1.807) is 18.9 Å². The van der Waals surface area contributed by atoms with E-state index in [1.165, 1.54) is 0 Å². The summed E-state index contributed by atoms with van der Waals surface area (Å²) in [7, 11) is 1.74. The number of carbonyl (C=O) groups excluding carboxylic acids is 3. The Balaban J connectivity index is 0.00000220. The van der Waals surface area contributed by atoms with Gasteiger partial charge < -0.3 is 9.64 Å². The van der Waals surface area contributed by atoms with E-state index in [2.05, 4.69) is 9.73 Å². The minimum atomic E-state index is -0.892. The Labute approximate surface area is 167 Å². The van der Waals surface area contributed by atoms with Gasteiger partial charge in [0.25, 0.3) is 5.91 Å². The number of hydrogen-bond donors (Lipinski definition) is 0. The zero-order valence-electron chi connectivity index (χ0n) is 12.9. The van der Waals surface area contributed by atoms with Crippen molar-refractivity contribution < 1.29 is 70.5 Å². The molecule has 0 saturated heterocycles. The van der Waals surface area contributed by atoms with Crippen molar-refractivity contribution in [2.24, 2.45) is 4.99 Å². The first kappa shape index (κ1) is 19.0. The zero-order valence-corrected chi connectivity index (χ0v) is 16.0. The van der Waals surface area contributed by atoms with Gasteiger partial charge in [0.2, 0.25) is 5.78 Å². The zero-order chi connectivity index (χ0) is 14.7. The van der Waals surface area contributed by atoms with Crippen LogP contribution >= 0.6 is 0 Å². The number of fused-ring (bicyclic) bond motifs is 1. The van der Waals surface area contributed by atoms with Crippen LogP contribution in [0.4, 0.5) is 0 Å². The summed E-state index contributed by atoms with van der Waals surface area (Å²) in [5.41, 5.74) is 0.189. The number of ether oxygens (including phenoxy) is 1. The van der Waals surface area contributed by atoms with Gasteiger partial charge in [0, 0.05) is 7.05 Å². The second-order valence-electron chi connectivity index (χ2n) is 5.23. The molecule has 0 radical (unpaired) electrons. The maximum Gasteiger partial charge on any atom is 1.00 e. The molecule has 21 heavy (non-hydrogen) atoms. The minimum absolute atomic E-state index is 0. The molecule has 1 heterocycles. The largest absolute Gasteiger partial charge is 1.00 e. The van der Waals surface area contributed by atoms with Crippen LogP contribution in [0.3, 0.4) is 0 Å². The molecule has 6 nitrogen and oxygen atoms in total. The van der Waals surface area contributed by atoms with Crippen LogP contribution in [-0.4, -0.2) is 54.0 Å². The number of likely N-dealkylation sites (N-methyl/N-ethyl adjacent to an activating group) is 1. The summed E-state index contributed by atoms with van der Waals surface area (Å²) >= 11 is 0. The maximum absolute atomic E-state index is 12.2. The number of Topliss-reactive ketones (excluding diaryl/α,β-unsaturated/α-hetero) is 1. The molecule has 1 fully saturated rings. The summed E-state index contributed by atoms with van der Waals surface area (Å²) in [6.07, 6.45) is 3.82. The predicted molar refractivity (Wildman–Crippen MR) is 72.5 cm³/mol. The number of nitrogens with zero attached hydrogens (tertiary/aromatic N) is 2. The van der Waals surface area contributed by atoms with E-state index in [1.807, 2.05) is 0 Å². The molecule has 2 atom stereocenters. The van der Waals surface area contributed by atoms with Crippen LogP contribution < -0.4 is 51.4 Å². The van der Waals surface area contributed by atoms with Crippen molar-refractivity contribution in [1.29, 1.82) is 0 Å². The Hall–Kier alpha value is -0.0836. The van der Waals surface area contributed by atoms with Crippen molar-refractivity contribution in [3.05, 3.63) is 0 Å². The summed E-state index contributed by atoms with van der Waals surface area (Å²) < 4.78 is 4.65. The maximum atomic E-state index is 12.2. The van der Waals surface area contributed by atoms with Crippen LogP contribution in [0.2, 0.25) is 0 Å². The van der Waals surface area contributed by atoms with Gasteiger partial charge in [-0.3, -0.25) is 14.6 Å². The third-order valence-corrected chi connectivity index (χ3v) is 3.91. The van der Waals surface area contributed by atoms with Crippen LogP contribution in [0.5, 0.6) is 0 Å². The second kappa shape index (κ2) is 8.52. The van der Waals surface area contributed by atoms with Crippen LogP contribution in [-0.2, 0) is 19.1 Å². The first-order valence-corrected chi connectivity index (χ1v) is 7.08. The van der Waals surface area contributed by atoms with Crippen molar-refractivity contribution in [2.45, 2.75) is 51.1 Å². The van der Waals surface area contributed by atoms with Crippen LogP contribution in [0.15, 0.2) is 4.99 Å². The minimum Gasteiger partial charge on any atom is -0.460 e. The molecular formula is C14H20KN2O4+. The fraction of sp³-hybridized carbons (Fsp3) is 0.714. The number of hydrogen-bond acceptors (Lipinski definition) is 5. The average Bonchev–Trinajstić information content (AvgIpc) is 2.44. The Morgan fingerprint density at radius 2 is 2.00 bits per heavy atom. The molecule has 0 N–H and O–H groups in total. The Morgan fingerprint density at radius 3 is 2.67 bits per heavy atom. The molecule has 1 aliphatic heterocycles. The van der Waals surface area contributed by atoms with Gasteiger partial charge in [-0.25, -0.2) is 4.79 Å². The molecule has 1 aliphatic carbocycles. The molecule has 1 amide bonds. The molecule has 0 aromatic rings. The van der Waals surface area contributed by atoms with E-state index in [0.29, 0.717) is 0 Å². The number of esters is 1. The number of amides is 1. The van der Waals surface area contributed by atoms with Gasteiger partial charge in [-0.15, -0.1) is 0 Å². The third kappa shape index (κ3) is 4.45. The number of carbonyl (C=O) groups is 3. The van der Waals surface area contributed by atoms with E-state index >= 15 is 0 Å². The Morgan fingerprint density at radius 1 is 1.33 bits per heavy atom. The van der Waals surface area contributed by atoms with E-state index in [4.69, 9.17) is 0 Å². The van der Waals surface area contributed by atoms with Crippen LogP contribution in [0.25, 0.3) is 0 Å². The number of rotatable bonds is 4. The fourth-order valence-corrected chi connectivity index (χ4v) is 2.86. The first-order valence-electron chi connectivity index (χ1n) is 7.08. The van der Waals surface area contributed by atoms with Crippen molar-refractivity contribution in [1.82, 2.24) is 4.90 Å². The van der Waals surface area contributed by atoms with E-state index in [9.17, 15) is 14.4 Å². The summed E-state index contributed by atoms with van der Waals surface area (Å²) in [5, 5.41) is 0. The molecule has 0 bridgehead atoms. The summed E-state index contributed by atoms with van der Waals surface area (Å²) in [6, 6.07) is 0.203. The molecule has 1 saturated carbocycles. The molecule has 0 aromatic heterocycles. The standard InChI is InChI=1S/C14H20N2O4.K/c1-3-20-14(19)12(17)8-10-13(18)16(2)11-7-5-4-6-9(11)15-10;/h9,11H,3-8H2,1-2H3;/q;+1. The first-order chi connectivity index (χ1) is 9.54. The van der Waals surface area contributed by atoms with Crippen molar-refractivity contribution in [3.63, 3.8) is 0 Å². The second-order valence-corrected chi connectivity index (χ2v) is 5.23. The summed E-state index contributed by atoms with van der Waals surface area (Å²) in [4.78, 5) is 41.3. The molecule has 2 rings (SSSR count). The SMILES string of the molecule is CCOC(=O)C(=O)CC1=NC2CCCCC2N(C)C1=O.[K+]. The van der Waals surface area contributed by atoms with Gasteiger partial charge in [0.1, 0.15) is 5.71 Å². The molecule has 110 valence electrons. The topological polar surface area (TPSA) is 76.0 Å². The number of aliphatic imine (C=N–C) groups is 1. The van der Waals surface area contributed by atoms with E-state index in [-0.39, 0.29) is 88.1 Å². The summed E-state index contributed by atoms with van der Waals surface area (Å²) in [5.74, 6) is -1.84. The quantitative estimate of drug-likeness (QED) is 0.333. The fourth-order valence-electron chi connectivity index (χ4n) is 2.86. The van der Waals surface area contributed by atoms with Crippen molar-refractivity contribution in [2.75, 3.05) is 13.7 Å². The normalized spacial score (nSPS) is 24.6. The molecule has 2 aliphatic rings.